The lowest BCUT2D eigenvalue weighted by atomic mass is 10.1. The Morgan fingerprint density at radius 3 is 2.50 bits per heavy atom. The highest BCUT2D eigenvalue weighted by Gasteiger charge is 2.09. The summed E-state index contributed by atoms with van der Waals surface area (Å²) in [5.41, 5.74) is 2.34. The summed E-state index contributed by atoms with van der Waals surface area (Å²) in [5.74, 6) is 0.445. The van der Waals surface area contributed by atoms with Crippen molar-refractivity contribution < 1.29 is 9.13 Å². The molecule has 0 N–H and O–H groups in total. The van der Waals surface area contributed by atoms with Crippen molar-refractivity contribution >= 4 is 5.69 Å². The van der Waals surface area contributed by atoms with Crippen molar-refractivity contribution in [2.45, 2.75) is 6.54 Å². The van der Waals surface area contributed by atoms with Crippen molar-refractivity contribution in [3.05, 3.63) is 59.4 Å². The van der Waals surface area contributed by atoms with Gasteiger partial charge in [0.05, 0.1) is 18.4 Å². The summed E-state index contributed by atoms with van der Waals surface area (Å²) < 4.78 is 18.1. The first-order valence-electron chi connectivity index (χ1n) is 6.17. The Bertz CT molecular complexity index is 632. The quantitative estimate of drug-likeness (QED) is 0.855. The molecule has 0 aromatic heterocycles. The fourth-order valence-electron chi connectivity index (χ4n) is 2.00. The molecule has 0 spiro atoms. The molecule has 20 heavy (non-hydrogen) atoms. The minimum absolute atomic E-state index is 0.254. The summed E-state index contributed by atoms with van der Waals surface area (Å²) in [7, 11) is 3.48. The van der Waals surface area contributed by atoms with E-state index in [-0.39, 0.29) is 5.82 Å². The van der Waals surface area contributed by atoms with Gasteiger partial charge in [-0.05, 0) is 29.8 Å². The molecule has 0 fully saturated rings. The van der Waals surface area contributed by atoms with E-state index >= 15 is 0 Å². The fraction of sp³-hybridized carbons (Fsp3) is 0.188. The van der Waals surface area contributed by atoms with Crippen LogP contribution in [0.4, 0.5) is 10.1 Å². The molecule has 2 aromatic carbocycles. The molecule has 0 saturated heterocycles. The van der Waals surface area contributed by atoms with Gasteiger partial charge < -0.3 is 9.64 Å². The van der Waals surface area contributed by atoms with E-state index in [9.17, 15) is 4.39 Å². The Kier molecular flexibility index (Phi) is 4.21. The van der Waals surface area contributed by atoms with E-state index in [2.05, 4.69) is 6.07 Å². The number of anilines is 1. The molecule has 3 nitrogen and oxygen atoms in total. The molecule has 0 unspecified atom stereocenters. The first-order chi connectivity index (χ1) is 9.63. The maximum absolute atomic E-state index is 12.9. The summed E-state index contributed by atoms with van der Waals surface area (Å²) in [5, 5.41) is 9.17. The molecule has 0 bridgehead atoms. The van der Waals surface area contributed by atoms with E-state index in [1.165, 1.54) is 12.1 Å². The summed E-state index contributed by atoms with van der Waals surface area (Å²) in [4.78, 5) is 1.94. The van der Waals surface area contributed by atoms with E-state index < -0.39 is 0 Å². The third kappa shape index (κ3) is 3.07. The Morgan fingerprint density at radius 2 is 1.90 bits per heavy atom. The van der Waals surface area contributed by atoms with Gasteiger partial charge in [-0.1, -0.05) is 12.1 Å². The van der Waals surface area contributed by atoms with Crippen LogP contribution in [-0.2, 0) is 6.54 Å². The van der Waals surface area contributed by atoms with Crippen molar-refractivity contribution in [2.75, 3.05) is 19.1 Å². The van der Waals surface area contributed by atoms with Gasteiger partial charge in [-0.3, -0.25) is 0 Å². The number of benzene rings is 2. The van der Waals surface area contributed by atoms with Gasteiger partial charge in [0.25, 0.3) is 0 Å². The number of nitrogens with zero attached hydrogens (tertiary/aromatic N) is 2. The number of nitriles is 1. The second-order valence-corrected chi connectivity index (χ2v) is 4.48. The molecule has 102 valence electrons. The Morgan fingerprint density at radius 1 is 1.20 bits per heavy atom. The van der Waals surface area contributed by atoms with Gasteiger partial charge in [0.2, 0.25) is 0 Å². The van der Waals surface area contributed by atoms with E-state index in [0.717, 1.165) is 11.3 Å². The van der Waals surface area contributed by atoms with Gasteiger partial charge >= 0.3 is 0 Å². The Balaban J connectivity index is 2.26. The van der Waals surface area contributed by atoms with Crippen LogP contribution in [0.1, 0.15) is 11.1 Å². The van der Waals surface area contributed by atoms with Gasteiger partial charge in [0, 0.05) is 19.7 Å². The Labute approximate surface area is 117 Å². The fourth-order valence-corrected chi connectivity index (χ4v) is 2.00. The van der Waals surface area contributed by atoms with Crippen LogP contribution in [0, 0.1) is 17.1 Å². The normalized spacial score (nSPS) is 9.90. The lowest BCUT2D eigenvalue weighted by Gasteiger charge is -2.21. The smallest absolute Gasteiger partial charge is 0.123 e. The van der Waals surface area contributed by atoms with E-state index in [1.54, 1.807) is 31.4 Å². The maximum Gasteiger partial charge on any atom is 0.123 e. The number of rotatable bonds is 4. The van der Waals surface area contributed by atoms with Crippen molar-refractivity contribution in [1.29, 1.82) is 5.26 Å². The number of hydrogen-bond donors (Lipinski definition) is 0. The van der Waals surface area contributed by atoms with Crippen LogP contribution in [0.5, 0.6) is 5.75 Å². The van der Waals surface area contributed by atoms with Crippen LogP contribution in [0.15, 0.2) is 42.5 Å². The van der Waals surface area contributed by atoms with Gasteiger partial charge in [0.15, 0.2) is 0 Å². The lowest BCUT2D eigenvalue weighted by molar-refractivity contribution is 0.415. The van der Waals surface area contributed by atoms with E-state index in [1.807, 2.05) is 18.0 Å². The molecule has 0 saturated carbocycles. The average Bonchev–Trinajstić information content (AvgIpc) is 2.48. The van der Waals surface area contributed by atoms with Crippen LogP contribution in [0.3, 0.4) is 0 Å². The van der Waals surface area contributed by atoms with Crippen LogP contribution in [0.25, 0.3) is 0 Å². The van der Waals surface area contributed by atoms with Gasteiger partial charge in [0.1, 0.15) is 17.6 Å². The van der Waals surface area contributed by atoms with Crippen LogP contribution < -0.4 is 9.64 Å². The topological polar surface area (TPSA) is 36.3 Å². The first kappa shape index (κ1) is 13.9. The summed E-state index contributed by atoms with van der Waals surface area (Å²) in [6, 6.07) is 13.8. The summed E-state index contributed by atoms with van der Waals surface area (Å²) in [6.07, 6.45) is 0. The zero-order valence-electron chi connectivity index (χ0n) is 11.4. The molecular weight excluding hydrogens is 255 g/mol. The molecule has 0 heterocycles. The number of hydrogen-bond acceptors (Lipinski definition) is 3. The monoisotopic (exact) mass is 270 g/mol. The van der Waals surface area contributed by atoms with Crippen molar-refractivity contribution in [3.8, 4) is 11.8 Å². The van der Waals surface area contributed by atoms with Crippen LogP contribution in [-0.4, -0.2) is 14.2 Å². The SMILES string of the molecule is COc1ccc(C#N)c(N(C)Cc2ccc(F)cc2)c1. The van der Waals surface area contributed by atoms with E-state index in [0.29, 0.717) is 17.9 Å². The molecule has 0 radical (unpaired) electrons. The molecule has 0 aliphatic carbocycles. The van der Waals surface area contributed by atoms with Crippen LogP contribution in [0.2, 0.25) is 0 Å². The highest BCUT2D eigenvalue weighted by atomic mass is 19.1. The Hall–Kier alpha value is -2.54. The van der Waals surface area contributed by atoms with E-state index in [4.69, 9.17) is 10.00 Å². The predicted molar refractivity (Wildman–Crippen MR) is 76.2 cm³/mol. The molecule has 2 rings (SSSR count). The minimum Gasteiger partial charge on any atom is -0.497 e. The standard InChI is InChI=1S/C16H15FN2O/c1-19(11-12-3-6-14(17)7-4-12)16-9-15(20-2)8-5-13(16)10-18/h3-9H,11H2,1-2H3. The lowest BCUT2D eigenvalue weighted by Crippen LogP contribution is -2.17. The molecular formula is C16H15FN2O. The summed E-state index contributed by atoms with van der Waals surface area (Å²) in [6.45, 7) is 0.585. The minimum atomic E-state index is -0.254. The van der Waals surface area contributed by atoms with Gasteiger partial charge in [-0.25, -0.2) is 4.39 Å². The van der Waals surface area contributed by atoms with Crippen molar-refractivity contribution in [1.82, 2.24) is 0 Å². The number of methoxy groups -OCH3 is 1. The van der Waals surface area contributed by atoms with Gasteiger partial charge in [-0.2, -0.15) is 5.26 Å². The molecule has 0 atom stereocenters. The second kappa shape index (κ2) is 6.07. The number of ether oxygens (including phenoxy) is 1. The molecule has 4 heteroatoms. The predicted octanol–water partition coefficient (Wildman–Crippen LogP) is 3.34. The molecule has 0 aliphatic heterocycles. The number of halogens is 1. The third-order valence-electron chi connectivity index (χ3n) is 3.07. The largest absolute Gasteiger partial charge is 0.497 e. The van der Waals surface area contributed by atoms with Gasteiger partial charge in [-0.15, -0.1) is 0 Å². The molecule has 0 amide bonds. The van der Waals surface area contributed by atoms with Crippen LogP contribution >= 0.6 is 0 Å². The zero-order valence-corrected chi connectivity index (χ0v) is 11.4. The van der Waals surface area contributed by atoms with Crippen molar-refractivity contribution in [3.63, 3.8) is 0 Å². The first-order valence-corrected chi connectivity index (χ1v) is 6.17. The maximum atomic E-state index is 12.9. The molecule has 0 aliphatic rings. The third-order valence-corrected chi connectivity index (χ3v) is 3.07. The second-order valence-electron chi connectivity index (χ2n) is 4.48. The zero-order chi connectivity index (χ0) is 14.5. The molecule has 2 aromatic rings. The highest BCUT2D eigenvalue weighted by molar-refractivity contribution is 5.61. The highest BCUT2D eigenvalue weighted by Crippen LogP contribution is 2.26. The van der Waals surface area contributed by atoms with Crippen molar-refractivity contribution in [2.24, 2.45) is 0 Å². The summed E-state index contributed by atoms with van der Waals surface area (Å²) >= 11 is 0. The average molecular weight is 270 g/mol.